The van der Waals surface area contributed by atoms with Crippen LogP contribution in [0.25, 0.3) is 10.4 Å². The molecule has 1 aliphatic heterocycles. The van der Waals surface area contributed by atoms with Gasteiger partial charge in [-0.15, -0.1) is 0 Å². The number of hydrogen-bond acceptors (Lipinski definition) is 5. The second-order valence-corrected chi connectivity index (χ2v) is 13.1. The third-order valence-corrected chi connectivity index (χ3v) is 9.76. The highest BCUT2D eigenvalue weighted by atomic mass is 28.4. The number of azide groups is 1. The summed E-state index contributed by atoms with van der Waals surface area (Å²) in [5.74, 6) is 0. The van der Waals surface area contributed by atoms with Crippen LogP contribution < -0.4 is 11.2 Å². The zero-order valence-electron chi connectivity index (χ0n) is 16.2. The first-order valence-electron chi connectivity index (χ1n) is 8.61. The molecule has 0 amide bonds. The van der Waals surface area contributed by atoms with Crippen molar-refractivity contribution >= 4 is 8.32 Å². The van der Waals surface area contributed by atoms with E-state index in [1.165, 1.54) is 10.8 Å². The quantitative estimate of drug-likeness (QED) is 0.364. The molecule has 0 unspecified atom stereocenters. The Kier molecular flexibility index (Phi) is 5.53. The highest BCUT2D eigenvalue weighted by Crippen LogP contribution is 2.41. The molecule has 1 saturated heterocycles. The molecule has 1 fully saturated rings. The lowest BCUT2D eigenvalue weighted by atomic mass is 10.1. The van der Waals surface area contributed by atoms with Gasteiger partial charge in [-0.3, -0.25) is 14.3 Å². The summed E-state index contributed by atoms with van der Waals surface area (Å²) >= 11 is 0. The van der Waals surface area contributed by atoms with E-state index in [9.17, 15) is 9.59 Å². The molecule has 1 aliphatic rings. The van der Waals surface area contributed by atoms with Crippen LogP contribution in [0, 0.1) is 6.92 Å². The van der Waals surface area contributed by atoms with Crippen molar-refractivity contribution in [1.29, 1.82) is 0 Å². The molecule has 0 aliphatic carbocycles. The van der Waals surface area contributed by atoms with E-state index in [0.717, 1.165) is 0 Å². The van der Waals surface area contributed by atoms with Gasteiger partial charge >= 0.3 is 5.69 Å². The summed E-state index contributed by atoms with van der Waals surface area (Å²) in [7, 11) is -2.06. The van der Waals surface area contributed by atoms with Crippen molar-refractivity contribution in [3.63, 3.8) is 0 Å². The first-order chi connectivity index (χ1) is 11.9. The third-order valence-electron chi connectivity index (χ3n) is 5.29. The molecule has 144 valence electrons. The van der Waals surface area contributed by atoms with Gasteiger partial charge in [-0.2, -0.15) is 0 Å². The number of hydrogen-bond donors (Lipinski definition) is 1. The Balaban J connectivity index is 2.25. The summed E-state index contributed by atoms with van der Waals surface area (Å²) in [5, 5.41) is 3.86. The fraction of sp³-hybridized carbons (Fsp3) is 0.750. The maximum Gasteiger partial charge on any atom is 0.330 e. The first kappa shape index (κ1) is 20.4. The van der Waals surface area contributed by atoms with Crippen LogP contribution in [0.1, 0.15) is 45.4 Å². The van der Waals surface area contributed by atoms with Crippen molar-refractivity contribution in [3.8, 4) is 0 Å². The lowest BCUT2D eigenvalue weighted by Gasteiger charge is -2.38. The van der Waals surface area contributed by atoms with Crippen LogP contribution in [0.15, 0.2) is 20.9 Å². The first-order valence-corrected chi connectivity index (χ1v) is 11.5. The van der Waals surface area contributed by atoms with E-state index in [0.29, 0.717) is 18.4 Å². The molecule has 1 aromatic heterocycles. The van der Waals surface area contributed by atoms with Gasteiger partial charge in [-0.1, -0.05) is 25.9 Å². The fourth-order valence-corrected chi connectivity index (χ4v) is 3.54. The summed E-state index contributed by atoms with van der Waals surface area (Å²) in [5.41, 5.74) is 7.27. The lowest BCUT2D eigenvalue weighted by molar-refractivity contribution is -0.0924. The number of aromatic nitrogens is 2. The van der Waals surface area contributed by atoms with E-state index in [4.69, 9.17) is 14.7 Å². The Morgan fingerprint density at radius 2 is 2.15 bits per heavy atom. The second-order valence-electron chi connectivity index (χ2n) is 8.27. The molecule has 0 saturated carbocycles. The van der Waals surface area contributed by atoms with E-state index < -0.39 is 31.5 Å². The van der Waals surface area contributed by atoms with Crippen molar-refractivity contribution in [3.05, 3.63) is 43.0 Å². The summed E-state index contributed by atoms with van der Waals surface area (Å²) in [6.07, 6.45) is 1.76. The smallest absolute Gasteiger partial charge is 0.330 e. The maximum atomic E-state index is 12.1. The maximum absolute atomic E-state index is 12.1. The number of nitrogens with zero attached hydrogens (tertiary/aromatic N) is 4. The van der Waals surface area contributed by atoms with Crippen molar-refractivity contribution < 1.29 is 9.16 Å². The Morgan fingerprint density at radius 1 is 1.50 bits per heavy atom. The Bertz CT molecular complexity index is 834. The number of rotatable bonds is 5. The van der Waals surface area contributed by atoms with Gasteiger partial charge in [0.15, 0.2) is 14.0 Å². The van der Waals surface area contributed by atoms with Crippen LogP contribution in [-0.4, -0.2) is 30.2 Å². The van der Waals surface area contributed by atoms with Gasteiger partial charge in [0.2, 0.25) is 0 Å². The van der Waals surface area contributed by atoms with Crippen LogP contribution in [-0.2, 0) is 9.16 Å². The van der Waals surface area contributed by atoms with Gasteiger partial charge in [0.25, 0.3) is 5.56 Å². The Morgan fingerprint density at radius 3 is 2.73 bits per heavy atom. The van der Waals surface area contributed by atoms with Gasteiger partial charge in [0.1, 0.15) is 6.23 Å². The molecule has 0 bridgehead atoms. The topological polar surface area (TPSA) is 122 Å². The largest absolute Gasteiger partial charge is 0.414 e. The zero-order valence-corrected chi connectivity index (χ0v) is 17.2. The van der Waals surface area contributed by atoms with Crippen molar-refractivity contribution in [1.82, 2.24) is 9.55 Å². The molecule has 1 N–H and O–H groups in total. The van der Waals surface area contributed by atoms with E-state index in [1.807, 2.05) is 0 Å². The summed E-state index contributed by atoms with van der Waals surface area (Å²) in [6.45, 7) is 12.4. The van der Waals surface area contributed by atoms with Gasteiger partial charge in [-0.25, -0.2) is 4.79 Å². The predicted octanol–water partition coefficient (Wildman–Crippen LogP) is 3.18. The predicted molar refractivity (Wildman–Crippen MR) is 100 cm³/mol. The number of ether oxygens (including phenoxy) is 1. The Hall–Kier alpha value is -1.87. The molecule has 1 aromatic rings. The third kappa shape index (κ3) is 4.09. The van der Waals surface area contributed by atoms with Gasteiger partial charge in [0, 0.05) is 16.7 Å². The molecule has 0 radical (unpaired) electrons. The standard InChI is InChI=1S/C16H27N5O4Si/c1-11-9-21(14(23)18-13(11)22)12-7-8-16(25-12,19-20-17)10-24-26(5,6)15(2,3)4/h9,12H,7-8,10H2,1-6H3,(H,18,22,23)/t12-,16+/m1/s1. The van der Waals surface area contributed by atoms with Crippen molar-refractivity contribution in [2.45, 2.75) is 70.6 Å². The summed E-state index contributed by atoms with van der Waals surface area (Å²) < 4.78 is 13.5. The van der Waals surface area contributed by atoms with Crippen molar-refractivity contribution in [2.75, 3.05) is 6.61 Å². The normalized spacial score (nSPS) is 23.7. The monoisotopic (exact) mass is 381 g/mol. The minimum atomic E-state index is -2.06. The van der Waals surface area contributed by atoms with Gasteiger partial charge < -0.3 is 9.16 Å². The second kappa shape index (κ2) is 7.03. The highest BCUT2D eigenvalue weighted by molar-refractivity contribution is 6.74. The van der Waals surface area contributed by atoms with Crippen LogP contribution in [0.5, 0.6) is 0 Å². The lowest BCUT2D eigenvalue weighted by Crippen LogP contribution is -2.45. The molecular weight excluding hydrogens is 354 g/mol. The van der Waals surface area contributed by atoms with Crippen LogP contribution in [0.2, 0.25) is 18.1 Å². The van der Waals surface area contributed by atoms with Crippen LogP contribution in [0.4, 0.5) is 0 Å². The molecule has 0 spiro atoms. The van der Waals surface area contributed by atoms with Crippen LogP contribution >= 0.6 is 0 Å². The number of H-pyrrole nitrogens is 1. The minimum absolute atomic E-state index is 0.00944. The molecular formula is C16H27N5O4Si. The van der Waals surface area contributed by atoms with Gasteiger partial charge in [-0.05, 0) is 43.4 Å². The summed E-state index contributed by atoms with van der Waals surface area (Å²) in [4.78, 5) is 28.8. The molecule has 0 aromatic carbocycles. The Labute approximate surface area is 153 Å². The molecule has 2 heterocycles. The SMILES string of the molecule is Cc1cn([C@H]2CC[C@](CO[Si](C)(C)C(C)(C)C)(N=[N+]=[N-])O2)c(=O)[nH]c1=O. The molecule has 2 atom stereocenters. The summed E-state index contributed by atoms with van der Waals surface area (Å²) in [6, 6.07) is 0. The van der Waals surface area contributed by atoms with E-state index in [1.54, 1.807) is 6.92 Å². The molecule has 10 heteroatoms. The number of aryl methyl sites for hydroxylation is 1. The van der Waals surface area contributed by atoms with Crippen LogP contribution in [0.3, 0.4) is 0 Å². The number of nitrogens with one attached hydrogen (secondary N) is 1. The average molecular weight is 382 g/mol. The van der Waals surface area contributed by atoms with E-state index >= 15 is 0 Å². The van der Waals surface area contributed by atoms with Gasteiger partial charge in [0.05, 0.1) is 6.61 Å². The molecule has 26 heavy (non-hydrogen) atoms. The average Bonchev–Trinajstić information content (AvgIpc) is 2.93. The molecule has 9 nitrogen and oxygen atoms in total. The van der Waals surface area contributed by atoms with E-state index in [-0.39, 0.29) is 11.6 Å². The van der Waals surface area contributed by atoms with E-state index in [2.05, 4.69) is 48.9 Å². The number of aromatic amines is 1. The fourth-order valence-electron chi connectivity index (χ4n) is 2.52. The zero-order chi connectivity index (χ0) is 19.8. The van der Waals surface area contributed by atoms with Crippen molar-refractivity contribution in [2.24, 2.45) is 5.11 Å². The minimum Gasteiger partial charge on any atom is -0.414 e. The highest BCUT2D eigenvalue weighted by Gasteiger charge is 2.45. The molecule has 2 rings (SSSR count).